The molecule has 0 radical (unpaired) electrons. The summed E-state index contributed by atoms with van der Waals surface area (Å²) in [6, 6.07) is 12.5. The molecule has 2 aromatic rings. The first-order valence-corrected chi connectivity index (χ1v) is 8.91. The topological polar surface area (TPSA) is 49.8 Å². The van der Waals surface area contributed by atoms with Crippen molar-refractivity contribution in [1.29, 1.82) is 0 Å². The molecule has 138 valence electrons. The summed E-state index contributed by atoms with van der Waals surface area (Å²) >= 11 is 0. The Hall–Kier alpha value is -2.24. The number of hydrogen-bond donors (Lipinski definition) is 1. The van der Waals surface area contributed by atoms with E-state index in [2.05, 4.69) is 0 Å². The van der Waals surface area contributed by atoms with Crippen molar-refractivity contribution in [1.82, 2.24) is 4.90 Å². The van der Waals surface area contributed by atoms with Crippen LogP contribution in [0.15, 0.2) is 42.5 Å². The summed E-state index contributed by atoms with van der Waals surface area (Å²) < 4.78 is 19.3. The van der Waals surface area contributed by atoms with Crippen LogP contribution in [0.2, 0.25) is 0 Å². The number of rotatable bonds is 5. The highest BCUT2D eigenvalue weighted by Gasteiger charge is 2.35. The normalized spacial score (nSPS) is 19.8. The number of nitrogens with zero attached hydrogens (tertiary/aromatic N) is 1. The molecule has 2 atom stereocenters. The molecule has 5 heteroatoms. The maximum Gasteiger partial charge on any atom is 0.254 e. The van der Waals surface area contributed by atoms with Crippen molar-refractivity contribution in [2.45, 2.75) is 32.5 Å². The number of carbonyl (C=O) groups excluding carboxylic acids is 1. The van der Waals surface area contributed by atoms with E-state index >= 15 is 0 Å². The number of aliphatic hydroxyl groups excluding tert-OH is 1. The molecule has 1 heterocycles. The lowest BCUT2D eigenvalue weighted by molar-refractivity contribution is -0.00237. The Morgan fingerprint density at radius 2 is 2.04 bits per heavy atom. The first kappa shape index (κ1) is 18.5. The molecule has 0 aliphatic carbocycles. The molecule has 2 aromatic carbocycles. The van der Waals surface area contributed by atoms with E-state index in [1.165, 1.54) is 6.07 Å². The number of aryl methyl sites for hydroxylation is 1. The summed E-state index contributed by atoms with van der Waals surface area (Å²) in [6.07, 6.45) is -0.538. The Bertz CT molecular complexity index is 793. The Kier molecular flexibility index (Phi) is 5.69. The number of aliphatic hydroxyl groups is 1. The third-order valence-electron chi connectivity index (χ3n) is 4.78. The van der Waals surface area contributed by atoms with Gasteiger partial charge in [0.15, 0.2) is 0 Å². The van der Waals surface area contributed by atoms with Crippen LogP contribution in [-0.4, -0.2) is 47.8 Å². The fourth-order valence-corrected chi connectivity index (χ4v) is 3.32. The number of likely N-dealkylation sites (tertiary alicyclic amines) is 1. The van der Waals surface area contributed by atoms with Crippen LogP contribution in [0, 0.1) is 12.7 Å². The predicted molar refractivity (Wildman–Crippen MR) is 97.7 cm³/mol. The van der Waals surface area contributed by atoms with E-state index in [1.807, 2.05) is 31.2 Å². The molecule has 4 nitrogen and oxygen atoms in total. The van der Waals surface area contributed by atoms with E-state index in [9.17, 15) is 14.3 Å². The van der Waals surface area contributed by atoms with Gasteiger partial charge in [-0.15, -0.1) is 0 Å². The van der Waals surface area contributed by atoms with E-state index in [0.29, 0.717) is 30.7 Å². The van der Waals surface area contributed by atoms with Gasteiger partial charge in [0.25, 0.3) is 5.91 Å². The second-order valence-corrected chi connectivity index (χ2v) is 6.69. The molecular formula is C21H24FNO3. The molecule has 0 spiro atoms. The number of β-amino-alcohol motifs (C(OH)–C–C–N with tert-alkyl or cyclic N) is 1. The van der Waals surface area contributed by atoms with Gasteiger partial charge in [-0.1, -0.05) is 30.3 Å². The number of halogens is 1. The van der Waals surface area contributed by atoms with E-state index in [-0.39, 0.29) is 24.4 Å². The summed E-state index contributed by atoms with van der Waals surface area (Å²) in [5, 5.41) is 10.1. The lowest BCUT2D eigenvalue weighted by Gasteiger charge is -2.18. The summed E-state index contributed by atoms with van der Waals surface area (Å²) in [6.45, 7) is 4.73. The van der Waals surface area contributed by atoms with Gasteiger partial charge in [-0.25, -0.2) is 4.39 Å². The Labute approximate surface area is 153 Å². The number of benzene rings is 2. The van der Waals surface area contributed by atoms with Gasteiger partial charge in [0.1, 0.15) is 11.9 Å². The van der Waals surface area contributed by atoms with Crippen LogP contribution in [0.4, 0.5) is 4.39 Å². The van der Waals surface area contributed by atoms with E-state index < -0.39 is 6.10 Å². The average Bonchev–Trinajstić information content (AvgIpc) is 2.99. The molecule has 1 amide bonds. The van der Waals surface area contributed by atoms with Crippen LogP contribution >= 0.6 is 0 Å². The van der Waals surface area contributed by atoms with Gasteiger partial charge in [0, 0.05) is 25.3 Å². The minimum atomic E-state index is -0.669. The highest BCUT2D eigenvalue weighted by atomic mass is 19.1. The van der Waals surface area contributed by atoms with Gasteiger partial charge in [0.05, 0.1) is 6.10 Å². The zero-order valence-electron chi connectivity index (χ0n) is 15.1. The Morgan fingerprint density at radius 1 is 1.27 bits per heavy atom. The number of amides is 1. The van der Waals surface area contributed by atoms with Crippen molar-refractivity contribution in [2.75, 3.05) is 19.7 Å². The molecule has 0 aromatic heterocycles. The van der Waals surface area contributed by atoms with Gasteiger partial charge in [0.2, 0.25) is 0 Å². The zero-order chi connectivity index (χ0) is 18.7. The van der Waals surface area contributed by atoms with Crippen molar-refractivity contribution >= 4 is 5.91 Å². The van der Waals surface area contributed by atoms with Crippen LogP contribution < -0.4 is 0 Å². The molecule has 3 rings (SSSR count). The lowest BCUT2D eigenvalue weighted by atomic mass is 9.98. The molecule has 0 saturated carbocycles. The minimum Gasteiger partial charge on any atom is -0.388 e. The van der Waals surface area contributed by atoms with Crippen molar-refractivity contribution in [3.05, 3.63) is 70.5 Å². The van der Waals surface area contributed by atoms with E-state index in [1.54, 1.807) is 24.0 Å². The van der Waals surface area contributed by atoms with Crippen LogP contribution in [0.1, 0.15) is 34.0 Å². The second-order valence-electron chi connectivity index (χ2n) is 6.69. The van der Waals surface area contributed by atoms with Gasteiger partial charge in [-0.3, -0.25) is 4.79 Å². The molecule has 1 fully saturated rings. The predicted octanol–water partition coefficient (Wildman–Crippen LogP) is 2.95. The Morgan fingerprint density at radius 3 is 2.77 bits per heavy atom. The van der Waals surface area contributed by atoms with Gasteiger partial charge < -0.3 is 14.7 Å². The monoisotopic (exact) mass is 357 g/mol. The van der Waals surface area contributed by atoms with Crippen LogP contribution in [0.3, 0.4) is 0 Å². The number of carbonyl (C=O) groups is 1. The summed E-state index contributed by atoms with van der Waals surface area (Å²) in [5.74, 6) is -0.372. The molecule has 26 heavy (non-hydrogen) atoms. The van der Waals surface area contributed by atoms with E-state index in [4.69, 9.17) is 4.74 Å². The molecular weight excluding hydrogens is 333 g/mol. The minimum absolute atomic E-state index is 0.130. The van der Waals surface area contributed by atoms with Crippen LogP contribution in [-0.2, 0) is 11.2 Å². The number of hydrogen-bond acceptors (Lipinski definition) is 3. The summed E-state index contributed by atoms with van der Waals surface area (Å²) in [7, 11) is 0. The molecule has 1 aliphatic rings. The van der Waals surface area contributed by atoms with Gasteiger partial charge >= 0.3 is 0 Å². The average molecular weight is 357 g/mol. The van der Waals surface area contributed by atoms with Crippen molar-refractivity contribution in [2.24, 2.45) is 0 Å². The molecule has 1 saturated heterocycles. The SMILES string of the molecule is CCO[C@H]1CN(C(=O)c2ccccc2Cc2ccc(C)c(F)c2)C[C@@H]1O. The summed E-state index contributed by atoms with van der Waals surface area (Å²) in [5.41, 5.74) is 2.85. The molecule has 0 bridgehead atoms. The quantitative estimate of drug-likeness (QED) is 0.895. The van der Waals surface area contributed by atoms with Crippen molar-refractivity contribution in [3.63, 3.8) is 0 Å². The zero-order valence-corrected chi connectivity index (χ0v) is 15.1. The maximum atomic E-state index is 13.8. The molecule has 0 unspecified atom stereocenters. The maximum absolute atomic E-state index is 13.8. The fraction of sp³-hybridized carbons (Fsp3) is 0.381. The first-order chi connectivity index (χ1) is 12.5. The third kappa shape index (κ3) is 3.94. The highest BCUT2D eigenvalue weighted by Crippen LogP contribution is 2.21. The highest BCUT2D eigenvalue weighted by molar-refractivity contribution is 5.96. The van der Waals surface area contributed by atoms with Gasteiger partial charge in [-0.05, 0) is 49.1 Å². The molecule has 1 aliphatic heterocycles. The standard InChI is InChI=1S/C21H24FNO3/c1-3-26-20-13-23(12-19(20)24)21(25)17-7-5-4-6-16(17)10-15-9-8-14(2)18(22)11-15/h4-9,11,19-20,24H,3,10,12-13H2,1-2H3/t19-,20-/m0/s1. The Balaban J connectivity index is 1.80. The fourth-order valence-electron chi connectivity index (χ4n) is 3.32. The van der Waals surface area contributed by atoms with Crippen molar-refractivity contribution in [3.8, 4) is 0 Å². The smallest absolute Gasteiger partial charge is 0.254 e. The largest absolute Gasteiger partial charge is 0.388 e. The number of ether oxygens (including phenoxy) is 1. The second kappa shape index (κ2) is 7.98. The van der Waals surface area contributed by atoms with Crippen LogP contribution in [0.25, 0.3) is 0 Å². The van der Waals surface area contributed by atoms with Gasteiger partial charge in [-0.2, -0.15) is 0 Å². The molecule has 1 N–H and O–H groups in total. The van der Waals surface area contributed by atoms with E-state index in [0.717, 1.165) is 11.1 Å². The van der Waals surface area contributed by atoms with Crippen LogP contribution in [0.5, 0.6) is 0 Å². The summed E-state index contributed by atoms with van der Waals surface area (Å²) in [4.78, 5) is 14.6. The lowest BCUT2D eigenvalue weighted by Crippen LogP contribution is -2.31. The first-order valence-electron chi connectivity index (χ1n) is 8.91. The third-order valence-corrected chi connectivity index (χ3v) is 4.78. The van der Waals surface area contributed by atoms with Crippen molar-refractivity contribution < 1.29 is 19.0 Å².